The van der Waals surface area contributed by atoms with Crippen molar-refractivity contribution in [3.8, 4) is 0 Å². The topological polar surface area (TPSA) is 43.4 Å². The van der Waals surface area contributed by atoms with E-state index in [-0.39, 0.29) is 4.90 Å². The summed E-state index contributed by atoms with van der Waals surface area (Å²) in [6.07, 6.45) is 0. The second-order valence-corrected chi connectivity index (χ2v) is 9.82. The largest absolute Gasteiger partial charge is 0.298 e. The highest BCUT2D eigenvalue weighted by atomic mass is 32.2. The summed E-state index contributed by atoms with van der Waals surface area (Å²) < 4.78 is 46.7. The summed E-state index contributed by atoms with van der Waals surface area (Å²) in [4.78, 5) is -0.111. The van der Waals surface area contributed by atoms with Crippen LogP contribution in [0.15, 0.2) is 102 Å². The standard InChI is InChI=1S/C28H25FO3S/c1-20-4-10-23(11-5-20)28(24-12-6-21(2)7-13-24,25-14-8-22(3)9-15-25)32-33(30,31)27-18-16-26(29)17-19-27/h4-19H,1-3H3. The van der Waals surface area contributed by atoms with E-state index in [1.165, 1.54) is 12.1 Å². The predicted octanol–water partition coefficient (Wildman–Crippen LogP) is 6.45. The van der Waals surface area contributed by atoms with Gasteiger partial charge < -0.3 is 0 Å². The van der Waals surface area contributed by atoms with Crippen molar-refractivity contribution in [2.75, 3.05) is 0 Å². The van der Waals surface area contributed by atoms with Gasteiger partial charge in [-0.1, -0.05) is 89.5 Å². The van der Waals surface area contributed by atoms with Crippen LogP contribution in [0.1, 0.15) is 33.4 Å². The smallest absolute Gasteiger partial charge is 0.245 e. The number of rotatable bonds is 6. The van der Waals surface area contributed by atoms with Gasteiger partial charge in [-0.2, -0.15) is 8.42 Å². The van der Waals surface area contributed by atoms with Crippen molar-refractivity contribution in [1.82, 2.24) is 0 Å². The van der Waals surface area contributed by atoms with Crippen LogP contribution in [0.4, 0.5) is 4.39 Å². The Labute approximate surface area is 194 Å². The number of benzene rings is 4. The lowest BCUT2D eigenvalue weighted by Crippen LogP contribution is -2.35. The zero-order chi connectivity index (χ0) is 23.6. The molecular formula is C28H25FO3S. The first kappa shape index (κ1) is 22.9. The summed E-state index contributed by atoms with van der Waals surface area (Å²) in [7, 11) is -4.28. The summed E-state index contributed by atoms with van der Waals surface area (Å²) >= 11 is 0. The molecule has 0 saturated heterocycles. The van der Waals surface area contributed by atoms with Crippen LogP contribution in [-0.2, 0) is 19.9 Å². The minimum atomic E-state index is -4.28. The maximum Gasteiger partial charge on any atom is 0.298 e. The quantitative estimate of drug-likeness (QED) is 0.245. The molecule has 0 unspecified atom stereocenters. The van der Waals surface area contributed by atoms with Crippen molar-refractivity contribution in [2.45, 2.75) is 31.3 Å². The third-order valence-electron chi connectivity index (χ3n) is 5.71. The fourth-order valence-electron chi connectivity index (χ4n) is 3.82. The monoisotopic (exact) mass is 460 g/mol. The molecule has 0 fully saturated rings. The highest BCUT2D eigenvalue weighted by Gasteiger charge is 2.42. The Morgan fingerprint density at radius 2 is 0.909 bits per heavy atom. The second kappa shape index (κ2) is 8.93. The van der Waals surface area contributed by atoms with E-state index >= 15 is 0 Å². The third-order valence-corrected chi connectivity index (χ3v) is 7.03. The van der Waals surface area contributed by atoms with Crippen molar-refractivity contribution in [3.05, 3.63) is 136 Å². The number of hydrogen-bond donors (Lipinski definition) is 0. The predicted molar refractivity (Wildman–Crippen MR) is 128 cm³/mol. The molecule has 0 aliphatic rings. The third kappa shape index (κ3) is 4.61. The van der Waals surface area contributed by atoms with E-state index in [0.717, 1.165) is 28.8 Å². The van der Waals surface area contributed by atoms with Gasteiger partial charge in [-0.25, -0.2) is 8.57 Å². The van der Waals surface area contributed by atoms with Gasteiger partial charge in [0.2, 0.25) is 0 Å². The molecule has 4 rings (SSSR count). The van der Waals surface area contributed by atoms with E-state index in [0.29, 0.717) is 16.7 Å². The lowest BCUT2D eigenvalue weighted by Gasteiger charge is -2.35. The zero-order valence-corrected chi connectivity index (χ0v) is 19.6. The van der Waals surface area contributed by atoms with Crippen molar-refractivity contribution in [1.29, 1.82) is 0 Å². The summed E-state index contributed by atoms with van der Waals surface area (Å²) in [5.41, 5.74) is 3.71. The lowest BCUT2D eigenvalue weighted by molar-refractivity contribution is 0.164. The van der Waals surface area contributed by atoms with Crippen LogP contribution >= 0.6 is 0 Å². The van der Waals surface area contributed by atoms with Gasteiger partial charge in [0.25, 0.3) is 10.1 Å². The fraction of sp³-hybridized carbons (Fsp3) is 0.143. The van der Waals surface area contributed by atoms with Gasteiger partial charge in [0.15, 0.2) is 5.60 Å². The molecule has 0 aliphatic heterocycles. The number of hydrogen-bond acceptors (Lipinski definition) is 3. The van der Waals surface area contributed by atoms with Gasteiger partial charge in [0.1, 0.15) is 5.82 Å². The molecule has 4 aromatic carbocycles. The molecule has 0 aliphatic carbocycles. The first-order chi connectivity index (χ1) is 15.7. The Morgan fingerprint density at radius 3 is 1.24 bits per heavy atom. The maximum absolute atomic E-state index is 13.5. The molecule has 0 saturated carbocycles. The highest BCUT2D eigenvalue weighted by molar-refractivity contribution is 7.86. The van der Waals surface area contributed by atoms with Gasteiger partial charge in [-0.3, -0.25) is 0 Å². The summed E-state index contributed by atoms with van der Waals surface area (Å²) in [6.45, 7) is 5.91. The van der Waals surface area contributed by atoms with Crippen molar-refractivity contribution in [3.63, 3.8) is 0 Å². The lowest BCUT2D eigenvalue weighted by atomic mass is 9.80. The Balaban J connectivity index is 2.02. The van der Waals surface area contributed by atoms with Crippen LogP contribution in [0, 0.1) is 26.6 Å². The maximum atomic E-state index is 13.5. The molecule has 5 heteroatoms. The number of halogens is 1. The van der Waals surface area contributed by atoms with Gasteiger partial charge in [-0.05, 0) is 61.7 Å². The van der Waals surface area contributed by atoms with Crippen LogP contribution in [0.5, 0.6) is 0 Å². The Hall–Kier alpha value is -3.28. The Kier molecular flexibility index (Phi) is 6.19. The Bertz CT molecular complexity index is 1230. The molecule has 0 bridgehead atoms. The van der Waals surface area contributed by atoms with Gasteiger partial charge in [0, 0.05) is 0 Å². The van der Waals surface area contributed by atoms with Crippen LogP contribution in [-0.4, -0.2) is 8.42 Å². The normalized spacial score (nSPS) is 12.0. The molecular weight excluding hydrogens is 435 g/mol. The van der Waals surface area contributed by atoms with Crippen LogP contribution in [0.3, 0.4) is 0 Å². The van der Waals surface area contributed by atoms with Crippen molar-refractivity contribution in [2.24, 2.45) is 0 Å². The first-order valence-corrected chi connectivity index (χ1v) is 12.0. The van der Waals surface area contributed by atoms with E-state index in [4.69, 9.17) is 4.18 Å². The van der Waals surface area contributed by atoms with Crippen LogP contribution in [0.2, 0.25) is 0 Å². The van der Waals surface area contributed by atoms with E-state index in [2.05, 4.69) is 0 Å². The highest BCUT2D eigenvalue weighted by Crippen LogP contribution is 2.43. The average Bonchev–Trinajstić information content (AvgIpc) is 2.79. The molecule has 4 aromatic rings. The van der Waals surface area contributed by atoms with E-state index in [1.807, 2.05) is 93.6 Å². The van der Waals surface area contributed by atoms with Crippen LogP contribution in [0.25, 0.3) is 0 Å². The SMILES string of the molecule is Cc1ccc(C(OS(=O)(=O)c2ccc(F)cc2)(c2ccc(C)cc2)c2ccc(C)cc2)cc1. The molecule has 0 aromatic heterocycles. The molecule has 0 N–H and O–H groups in total. The zero-order valence-electron chi connectivity index (χ0n) is 18.7. The average molecular weight is 461 g/mol. The molecule has 0 heterocycles. The van der Waals surface area contributed by atoms with Gasteiger partial charge in [-0.15, -0.1) is 0 Å². The first-order valence-electron chi connectivity index (χ1n) is 10.6. The van der Waals surface area contributed by atoms with Crippen molar-refractivity contribution < 1.29 is 17.0 Å². The molecule has 0 radical (unpaired) electrons. The molecule has 0 atom stereocenters. The molecule has 3 nitrogen and oxygen atoms in total. The summed E-state index contributed by atoms with van der Waals surface area (Å²) in [5.74, 6) is -0.518. The second-order valence-electron chi connectivity index (χ2n) is 8.27. The molecule has 0 amide bonds. The van der Waals surface area contributed by atoms with E-state index in [1.54, 1.807) is 0 Å². The van der Waals surface area contributed by atoms with E-state index in [9.17, 15) is 12.8 Å². The van der Waals surface area contributed by atoms with Gasteiger partial charge in [0.05, 0.1) is 4.90 Å². The van der Waals surface area contributed by atoms with Gasteiger partial charge >= 0.3 is 0 Å². The molecule has 0 spiro atoms. The van der Waals surface area contributed by atoms with E-state index < -0.39 is 21.5 Å². The minimum Gasteiger partial charge on any atom is -0.245 e. The Morgan fingerprint density at radius 1 is 0.576 bits per heavy atom. The molecule has 33 heavy (non-hydrogen) atoms. The molecule has 168 valence electrons. The number of aryl methyl sites for hydroxylation is 3. The summed E-state index contributed by atoms with van der Waals surface area (Å²) in [5, 5.41) is 0. The minimum absolute atomic E-state index is 0.111. The summed E-state index contributed by atoms with van der Waals surface area (Å²) in [6, 6.07) is 27.5. The fourth-order valence-corrected chi connectivity index (χ4v) is 5.01. The van der Waals surface area contributed by atoms with Crippen molar-refractivity contribution >= 4 is 10.1 Å². The van der Waals surface area contributed by atoms with Crippen LogP contribution < -0.4 is 0 Å².